The summed E-state index contributed by atoms with van der Waals surface area (Å²) >= 11 is 0. The Balaban J connectivity index is 2.20. The van der Waals surface area contributed by atoms with Crippen LogP contribution in [0.5, 0.6) is 0 Å². The van der Waals surface area contributed by atoms with Crippen LogP contribution in [0.15, 0.2) is 0 Å². The molecule has 13 heavy (non-hydrogen) atoms. The van der Waals surface area contributed by atoms with Crippen LogP contribution in [0.4, 0.5) is 0 Å². The van der Waals surface area contributed by atoms with E-state index in [0.29, 0.717) is 19.8 Å². The van der Waals surface area contributed by atoms with Gasteiger partial charge in [-0.2, -0.15) is 0 Å². The predicted octanol–water partition coefficient (Wildman–Crippen LogP) is -0.674. The van der Waals surface area contributed by atoms with Crippen LogP contribution < -0.4 is 0 Å². The van der Waals surface area contributed by atoms with Gasteiger partial charge in [-0.05, 0) is 0 Å². The molecule has 0 amide bonds. The second-order valence-corrected chi connectivity index (χ2v) is 2.85. The third kappa shape index (κ3) is 3.71. The summed E-state index contributed by atoms with van der Waals surface area (Å²) in [4.78, 5) is 10.4. The van der Waals surface area contributed by atoms with Crippen LogP contribution in [0.1, 0.15) is 6.92 Å². The summed E-state index contributed by atoms with van der Waals surface area (Å²) in [6, 6.07) is 0. The molecule has 5 heteroatoms. The van der Waals surface area contributed by atoms with E-state index in [2.05, 4.69) is 4.74 Å². The summed E-state index contributed by atoms with van der Waals surface area (Å²) in [5, 5.41) is 9.44. The number of esters is 1. The largest absolute Gasteiger partial charge is 0.463 e. The first-order chi connectivity index (χ1) is 6.20. The molecule has 0 radical (unpaired) electrons. The van der Waals surface area contributed by atoms with E-state index in [1.165, 1.54) is 6.92 Å². The van der Waals surface area contributed by atoms with Gasteiger partial charge in [0, 0.05) is 6.92 Å². The first kappa shape index (κ1) is 10.4. The minimum atomic E-state index is -0.802. The molecule has 1 fully saturated rings. The lowest BCUT2D eigenvalue weighted by Gasteiger charge is -2.26. The Hall–Kier alpha value is -0.650. The highest BCUT2D eigenvalue weighted by Gasteiger charge is 2.23. The molecular weight excluding hydrogens is 176 g/mol. The topological polar surface area (TPSA) is 65.0 Å². The lowest BCUT2D eigenvalue weighted by atomic mass is 10.2. The van der Waals surface area contributed by atoms with E-state index in [4.69, 9.17) is 9.47 Å². The van der Waals surface area contributed by atoms with Crippen LogP contribution in [-0.4, -0.2) is 49.7 Å². The van der Waals surface area contributed by atoms with Gasteiger partial charge in [-0.3, -0.25) is 4.79 Å². The van der Waals surface area contributed by atoms with Crippen molar-refractivity contribution in [2.45, 2.75) is 19.1 Å². The SMILES string of the molecule is CC(=O)OCC(O)C1COCCO1. The number of rotatable bonds is 3. The number of hydrogen-bond donors (Lipinski definition) is 1. The van der Waals surface area contributed by atoms with Crippen molar-refractivity contribution in [2.24, 2.45) is 0 Å². The van der Waals surface area contributed by atoms with Gasteiger partial charge < -0.3 is 19.3 Å². The number of carbonyl (C=O) groups is 1. The monoisotopic (exact) mass is 190 g/mol. The fraction of sp³-hybridized carbons (Fsp3) is 0.875. The van der Waals surface area contributed by atoms with Crippen LogP contribution in [0, 0.1) is 0 Å². The lowest BCUT2D eigenvalue weighted by molar-refractivity contribution is -0.160. The predicted molar refractivity (Wildman–Crippen MR) is 43.2 cm³/mol. The first-order valence-electron chi connectivity index (χ1n) is 4.21. The van der Waals surface area contributed by atoms with Gasteiger partial charge in [0.2, 0.25) is 0 Å². The Kier molecular flexibility index (Phi) is 4.14. The van der Waals surface area contributed by atoms with Gasteiger partial charge in [0.25, 0.3) is 0 Å². The molecule has 0 aromatic heterocycles. The summed E-state index contributed by atoms with van der Waals surface area (Å²) in [7, 11) is 0. The smallest absolute Gasteiger partial charge is 0.302 e. The van der Waals surface area contributed by atoms with Gasteiger partial charge in [-0.25, -0.2) is 0 Å². The Morgan fingerprint density at radius 1 is 1.69 bits per heavy atom. The molecule has 0 aromatic carbocycles. The van der Waals surface area contributed by atoms with E-state index in [-0.39, 0.29) is 12.7 Å². The zero-order chi connectivity index (χ0) is 9.68. The van der Waals surface area contributed by atoms with Crippen LogP contribution in [0.2, 0.25) is 0 Å². The van der Waals surface area contributed by atoms with Gasteiger partial charge in [0.1, 0.15) is 18.8 Å². The second-order valence-electron chi connectivity index (χ2n) is 2.85. The zero-order valence-electron chi connectivity index (χ0n) is 7.56. The highest BCUT2D eigenvalue weighted by molar-refractivity contribution is 5.65. The van der Waals surface area contributed by atoms with Crippen molar-refractivity contribution in [2.75, 3.05) is 26.4 Å². The highest BCUT2D eigenvalue weighted by Crippen LogP contribution is 2.06. The Labute approximate surface area is 76.6 Å². The quantitative estimate of drug-likeness (QED) is 0.598. The molecule has 1 aliphatic rings. The fourth-order valence-corrected chi connectivity index (χ4v) is 1.04. The lowest BCUT2D eigenvalue weighted by Crippen LogP contribution is -2.41. The van der Waals surface area contributed by atoms with Crippen molar-refractivity contribution >= 4 is 5.97 Å². The van der Waals surface area contributed by atoms with Crippen molar-refractivity contribution in [1.29, 1.82) is 0 Å². The van der Waals surface area contributed by atoms with Gasteiger partial charge in [0.15, 0.2) is 0 Å². The summed E-state index contributed by atoms with van der Waals surface area (Å²) < 4.78 is 14.9. The molecule has 1 aliphatic heterocycles. The van der Waals surface area contributed by atoms with E-state index < -0.39 is 12.1 Å². The van der Waals surface area contributed by atoms with Crippen molar-refractivity contribution in [3.05, 3.63) is 0 Å². The number of carbonyl (C=O) groups excluding carboxylic acids is 1. The maximum absolute atomic E-state index is 10.4. The van der Waals surface area contributed by atoms with Crippen molar-refractivity contribution in [3.63, 3.8) is 0 Å². The fourth-order valence-electron chi connectivity index (χ4n) is 1.04. The van der Waals surface area contributed by atoms with E-state index in [0.717, 1.165) is 0 Å². The van der Waals surface area contributed by atoms with Crippen LogP contribution in [-0.2, 0) is 19.0 Å². The first-order valence-corrected chi connectivity index (χ1v) is 4.21. The molecule has 0 aliphatic carbocycles. The third-order valence-corrected chi connectivity index (χ3v) is 1.73. The summed E-state index contributed by atoms with van der Waals surface area (Å²) in [6.45, 7) is 2.63. The van der Waals surface area contributed by atoms with Gasteiger partial charge in [-0.15, -0.1) is 0 Å². The van der Waals surface area contributed by atoms with Crippen LogP contribution in [0.25, 0.3) is 0 Å². The average Bonchev–Trinajstić information content (AvgIpc) is 2.15. The molecule has 1 rings (SSSR count). The third-order valence-electron chi connectivity index (χ3n) is 1.73. The molecule has 0 saturated carbocycles. The normalized spacial score (nSPS) is 25.2. The maximum Gasteiger partial charge on any atom is 0.302 e. The van der Waals surface area contributed by atoms with Crippen LogP contribution >= 0.6 is 0 Å². The zero-order valence-corrected chi connectivity index (χ0v) is 7.56. The Morgan fingerprint density at radius 3 is 3.00 bits per heavy atom. The molecule has 1 saturated heterocycles. The minimum Gasteiger partial charge on any atom is -0.463 e. The molecule has 1 heterocycles. The number of ether oxygens (including phenoxy) is 3. The van der Waals surface area contributed by atoms with Gasteiger partial charge in [-0.1, -0.05) is 0 Å². The minimum absolute atomic E-state index is 0.0383. The number of hydrogen-bond acceptors (Lipinski definition) is 5. The summed E-state index contributed by atoms with van der Waals surface area (Å²) in [5.74, 6) is -0.407. The molecule has 2 atom stereocenters. The van der Waals surface area contributed by atoms with Crippen LogP contribution in [0.3, 0.4) is 0 Å². The van der Waals surface area contributed by atoms with E-state index in [9.17, 15) is 9.90 Å². The molecule has 2 unspecified atom stereocenters. The summed E-state index contributed by atoms with van der Waals surface area (Å²) in [6.07, 6.45) is -1.18. The molecule has 0 spiro atoms. The van der Waals surface area contributed by atoms with E-state index >= 15 is 0 Å². The Morgan fingerprint density at radius 2 is 2.46 bits per heavy atom. The molecule has 76 valence electrons. The molecular formula is C8H14O5. The van der Waals surface area contributed by atoms with Gasteiger partial charge >= 0.3 is 5.97 Å². The maximum atomic E-state index is 10.4. The molecule has 0 aromatic rings. The summed E-state index contributed by atoms with van der Waals surface area (Å²) in [5.41, 5.74) is 0. The molecule has 0 bridgehead atoms. The van der Waals surface area contributed by atoms with E-state index in [1.54, 1.807) is 0 Å². The molecule has 5 nitrogen and oxygen atoms in total. The highest BCUT2D eigenvalue weighted by atomic mass is 16.6. The second kappa shape index (κ2) is 5.16. The van der Waals surface area contributed by atoms with Crippen molar-refractivity contribution in [3.8, 4) is 0 Å². The Bertz CT molecular complexity index is 164. The van der Waals surface area contributed by atoms with Gasteiger partial charge in [0.05, 0.1) is 19.8 Å². The van der Waals surface area contributed by atoms with E-state index in [1.807, 2.05) is 0 Å². The molecule has 1 N–H and O–H groups in total. The average molecular weight is 190 g/mol. The number of aliphatic hydroxyl groups excluding tert-OH is 1. The standard InChI is InChI=1S/C8H14O5/c1-6(9)13-4-7(10)8-5-11-2-3-12-8/h7-8,10H,2-5H2,1H3. The number of aliphatic hydroxyl groups is 1. The van der Waals surface area contributed by atoms with Crippen molar-refractivity contribution < 1.29 is 24.1 Å². The van der Waals surface area contributed by atoms with Crippen molar-refractivity contribution in [1.82, 2.24) is 0 Å².